The topological polar surface area (TPSA) is 81.8 Å². The summed E-state index contributed by atoms with van der Waals surface area (Å²) in [4.78, 5) is 19.7. The van der Waals surface area contributed by atoms with E-state index in [1.807, 2.05) is 30.3 Å². The summed E-state index contributed by atoms with van der Waals surface area (Å²) in [6, 6.07) is 13.1. The maximum atomic E-state index is 12.6. The summed E-state index contributed by atoms with van der Waals surface area (Å²) in [6.07, 6.45) is 1.40. The number of nitrogens with one attached hydrogen (secondary N) is 4. The van der Waals surface area contributed by atoms with Crippen LogP contribution in [0.4, 0.5) is 0 Å². The summed E-state index contributed by atoms with van der Waals surface area (Å²) in [5.41, 5.74) is 9.55. The largest absolute Gasteiger partial charge is 0.345 e. The second-order valence-corrected chi connectivity index (χ2v) is 6.21. The van der Waals surface area contributed by atoms with E-state index in [4.69, 9.17) is 11.6 Å². The van der Waals surface area contributed by atoms with Crippen LogP contribution in [0, 0.1) is 0 Å². The molecule has 0 saturated carbocycles. The van der Waals surface area contributed by atoms with Crippen LogP contribution >= 0.6 is 11.6 Å². The number of hydrogen-bond donors (Lipinski definition) is 4. The lowest BCUT2D eigenvalue weighted by molar-refractivity contribution is 0.0929. The van der Waals surface area contributed by atoms with Gasteiger partial charge in [-0.1, -0.05) is 23.7 Å². The second-order valence-electron chi connectivity index (χ2n) is 5.77. The van der Waals surface area contributed by atoms with E-state index in [-0.39, 0.29) is 18.0 Å². The van der Waals surface area contributed by atoms with Crippen LogP contribution in [0.5, 0.6) is 0 Å². The van der Waals surface area contributed by atoms with Crippen LogP contribution in [0.25, 0.3) is 11.0 Å². The minimum Gasteiger partial charge on any atom is -0.345 e. The van der Waals surface area contributed by atoms with Crippen molar-refractivity contribution in [3.8, 4) is 0 Å². The van der Waals surface area contributed by atoms with Gasteiger partial charge < -0.3 is 10.3 Å². The monoisotopic (exact) mass is 341 g/mol. The number of carbonyl (C=O) groups is 1. The van der Waals surface area contributed by atoms with Gasteiger partial charge in [-0.3, -0.25) is 10.2 Å². The Balaban J connectivity index is 1.53. The first-order valence-electron chi connectivity index (χ1n) is 7.68. The average Bonchev–Trinajstić information content (AvgIpc) is 3.22. The van der Waals surface area contributed by atoms with E-state index in [2.05, 4.69) is 26.1 Å². The van der Waals surface area contributed by atoms with Gasteiger partial charge in [-0.05, 0) is 35.9 Å². The quantitative estimate of drug-likeness (QED) is 0.588. The third kappa shape index (κ3) is 2.87. The smallest absolute Gasteiger partial charge is 0.252 e. The molecule has 4 rings (SSSR count). The number of H-pyrrole nitrogens is 1. The van der Waals surface area contributed by atoms with Crippen molar-refractivity contribution in [1.82, 2.24) is 26.1 Å². The molecule has 1 saturated heterocycles. The SMILES string of the molecule is O=C(NC1NNCC1c1cccc(Cl)c1)c1ccc2nc[nH]c2c1. The molecule has 2 unspecified atom stereocenters. The van der Waals surface area contributed by atoms with Crippen molar-refractivity contribution in [3.63, 3.8) is 0 Å². The molecule has 2 atom stereocenters. The molecule has 0 aliphatic carbocycles. The summed E-state index contributed by atoms with van der Waals surface area (Å²) in [5, 5.41) is 3.72. The zero-order valence-corrected chi connectivity index (χ0v) is 13.5. The third-order valence-electron chi connectivity index (χ3n) is 4.23. The van der Waals surface area contributed by atoms with Gasteiger partial charge in [-0.15, -0.1) is 0 Å². The van der Waals surface area contributed by atoms with Crippen molar-refractivity contribution >= 4 is 28.5 Å². The van der Waals surface area contributed by atoms with Crippen molar-refractivity contribution in [2.75, 3.05) is 6.54 Å². The number of benzene rings is 2. The molecule has 0 radical (unpaired) electrons. The maximum absolute atomic E-state index is 12.6. The normalized spacial score (nSPS) is 20.4. The number of rotatable bonds is 3. The van der Waals surface area contributed by atoms with Crippen LogP contribution in [0.2, 0.25) is 5.02 Å². The number of nitrogens with zero attached hydrogens (tertiary/aromatic N) is 1. The molecule has 1 amide bonds. The van der Waals surface area contributed by atoms with E-state index in [1.165, 1.54) is 0 Å². The molecule has 2 aromatic carbocycles. The third-order valence-corrected chi connectivity index (χ3v) is 4.46. The van der Waals surface area contributed by atoms with Gasteiger partial charge in [0, 0.05) is 23.0 Å². The fraction of sp³-hybridized carbons (Fsp3) is 0.176. The molecule has 0 bridgehead atoms. The first-order valence-corrected chi connectivity index (χ1v) is 8.06. The van der Waals surface area contributed by atoms with Gasteiger partial charge in [-0.2, -0.15) is 0 Å². The Bertz CT molecular complexity index is 893. The minimum atomic E-state index is -0.214. The molecule has 1 aliphatic heterocycles. The summed E-state index contributed by atoms with van der Waals surface area (Å²) in [6.45, 7) is 0.713. The number of halogens is 1. The van der Waals surface area contributed by atoms with Gasteiger partial charge in [-0.25, -0.2) is 10.4 Å². The molecule has 1 fully saturated rings. The zero-order chi connectivity index (χ0) is 16.5. The number of hydrazine groups is 1. The lowest BCUT2D eigenvalue weighted by Gasteiger charge is -2.20. The van der Waals surface area contributed by atoms with Crippen LogP contribution in [0.15, 0.2) is 48.8 Å². The van der Waals surface area contributed by atoms with Crippen LogP contribution in [-0.2, 0) is 0 Å². The molecular weight excluding hydrogens is 326 g/mol. The summed E-state index contributed by atoms with van der Waals surface area (Å²) in [7, 11) is 0. The van der Waals surface area contributed by atoms with Crippen LogP contribution < -0.4 is 16.2 Å². The molecule has 3 aromatic rings. The molecule has 0 spiro atoms. The number of aromatic nitrogens is 2. The Morgan fingerprint density at radius 1 is 1.25 bits per heavy atom. The van der Waals surface area contributed by atoms with Gasteiger partial charge >= 0.3 is 0 Å². The molecule has 2 heterocycles. The molecule has 122 valence electrons. The van der Waals surface area contributed by atoms with Gasteiger partial charge in [0.25, 0.3) is 5.91 Å². The fourth-order valence-electron chi connectivity index (χ4n) is 2.98. The van der Waals surface area contributed by atoms with Crippen molar-refractivity contribution < 1.29 is 4.79 Å². The molecule has 24 heavy (non-hydrogen) atoms. The Morgan fingerprint density at radius 2 is 2.17 bits per heavy atom. The lowest BCUT2D eigenvalue weighted by atomic mass is 9.97. The van der Waals surface area contributed by atoms with E-state index >= 15 is 0 Å². The highest BCUT2D eigenvalue weighted by Gasteiger charge is 2.29. The number of amides is 1. The van der Waals surface area contributed by atoms with Gasteiger partial charge in [0.2, 0.25) is 0 Å². The Morgan fingerprint density at radius 3 is 3.04 bits per heavy atom. The Labute approximate surface area is 143 Å². The Kier molecular flexibility index (Phi) is 3.93. The number of carbonyl (C=O) groups excluding carboxylic acids is 1. The summed E-state index contributed by atoms with van der Waals surface area (Å²) in [5.74, 6) is -0.0386. The predicted octanol–water partition coefficient (Wildman–Crippen LogP) is 2.16. The van der Waals surface area contributed by atoms with Crippen LogP contribution in [0.3, 0.4) is 0 Å². The highest BCUT2D eigenvalue weighted by molar-refractivity contribution is 6.30. The van der Waals surface area contributed by atoms with E-state index < -0.39 is 0 Å². The van der Waals surface area contributed by atoms with Gasteiger partial charge in [0.15, 0.2) is 0 Å². The molecule has 1 aromatic heterocycles. The van der Waals surface area contributed by atoms with Crippen molar-refractivity contribution in [3.05, 3.63) is 64.9 Å². The van der Waals surface area contributed by atoms with E-state index in [1.54, 1.807) is 18.5 Å². The van der Waals surface area contributed by atoms with Gasteiger partial charge in [0.05, 0.1) is 17.4 Å². The molecule has 6 nitrogen and oxygen atoms in total. The first kappa shape index (κ1) is 15.1. The standard InChI is InChI=1S/C17H16ClN5O/c18-12-3-1-2-10(6-12)13-8-21-23-16(13)22-17(24)11-4-5-14-15(7-11)20-9-19-14/h1-7,9,13,16,21,23H,8H2,(H,19,20)(H,22,24). The highest BCUT2D eigenvalue weighted by atomic mass is 35.5. The molecule has 4 N–H and O–H groups in total. The lowest BCUT2D eigenvalue weighted by Crippen LogP contribution is -2.46. The van der Waals surface area contributed by atoms with E-state index in [9.17, 15) is 4.79 Å². The minimum absolute atomic E-state index is 0.100. The molecule has 1 aliphatic rings. The van der Waals surface area contributed by atoms with Crippen molar-refractivity contribution in [2.45, 2.75) is 12.1 Å². The highest BCUT2D eigenvalue weighted by Crippen LogP contribution is 2.24. The summed E-state index contributed by atoms with van der Waals surface area (Å²) >= 11 is 6.08. The number of fused-ring (bicyclic) bond motifs is 1. The first-order chi connectivity index (χ1) is 11.7. The fourth-order valence-corrected chi connectivity index (χ4v) is 3.18. The molecular formula is C17H16ClN5O. The number of aromatic amines is 1. The van der Waals surface area contributed by atoms with Gasteiger partial charge in [0.1, 0.15) is 6.17 Å². The average molecular weight is 342 g/mol. The van der Waals surface area contributed by atoms with E-state index in [0.717, 1.165) is 16.6 Å². The summed E-state index contributed by atoms with van der Waals surface area (Å²) < 4.78 is 0. The predicted molar refractivity (Wildman–Crippen MR) is 92.7 cm³/mol. The maximum Gasteiger partial charge on any atom is 0.252 e. The van der Waals surface area contributed by atoms with E-state index in [0.29, 0.717) is 17.1 Å². The van der Waals surface area contributed by atoms with Crippen LogP contribution in [-0.4, -0.2) is 28.6 Å². The second kappa shape index (κ2) is 6.24. The number of imidazole rings is 1. The number of hydrogen-bond acceptors (Lipinski definition) is 4. The van der Waals surface area contributed by atoms with Crippen LogP contribution in [0.1, 0.15) is 21.8 Å². The van der Waals surface area contributed by atoms with Crippen molar-refractivity contribution in [1.29, 1.82) is 0 Å². The zero-order valence-electron chi connectivity index (χ0n) is 12.7. The Hall–Kier alpha value is -2.41. The van der Waals surface area contributed by atoms with Crippen molar-refractivity contribution in [2.24, 2.45) is 0 Å². The molecule has 7 heteroatoms.